The van der Waals surface area contributed by atoms with Crippen LogP contribution in [0.3, 0.4) is 0 Å². The highest BCUT2D eigenvalue weighted by Gasteiger charge is 2.35. The summed E-state index contributed by atoms with van der Waals surface area (Å²) < 4.78 is 0. The van der Waals surface area contributed by atoms with Crippen molar-refractivity contribution in [3.63, 3.8) is 0 Å². The van der Waals surface area contributed by atoms with Crippen LogP contribution >= 0.6 is 0 Å². The smallest absolute Gasteiger partial charge is 0.315 e. The number of fused-ring (bicyclic) bond motifs is 2. The summed E-state index contributed by atoms with van der Waals surface area (Å²) in [7, 11) is 0. The fourth-order valence-electron chi connectivity index (χ4n) is 2.82. The number of amides is 2. The van der Waals surface area contributed by atoms with Gasteiger partial charge in [-0.3, -0.25) is 0 Å². The summed E-state index contributed by atoms with van der Waals surface area (Å²) in [6.07, 6.45) is 7.65. The topological polar surface area (TPSA) is 61.6 Å². The fraction of sp³-hybridized carbons (Fsp3) is 0.583. The first-order chi connectivity index (χ1) is 8.25. The maximum atomic E-state index is 11.2. The number of likely N-dealkylation sites (tertiary alicyclic amines) is 1. The quantitative estimate of drug-likeness (QED) is 0.644. The monoisotopic (exact) mass is 234 g/mol. The first-order valence-electron chi connectivity index (χ1n) is 6.23. The lowest BCUT2D eigenvalue weighted by Crippen LogP contribution is -2.47. The fourth-order valence-corrected chi connectivity index (χ4v) is 2.82. The van der Waals surface area contributed by atoms with Crippen LogP contribution in [-0.4, -0.2) is 41.6 Å². The summed E-state index contributed by atoms with van der Waals surface area (Å²) in [6, 6.07) is 0.0796. The van der Waals surface area contributed by atoms with Crippen LogP contribution in [0, 0.1) is 0 Å². The lowest BCUT2D eigenvalue weighted by Gasteiger charge is -2.30. The molecule has 92 valence electrons. The van der Waals surface area contributed by atoms with Crippen molar-refractivity contribution in [2.45, 2.75) is 25.3 Å². The average molecular weight is 234 g/mol. The van der Waals surface area contributed by atoms with Gasteiger partial charge in [-0.2, -0.15) is 0 Å². The molecule has 1 atom stereocenters. The van der Waals surface area contributed by atoms with E-state index in [9.17, 15) is 4.79 Å². The van der Waals surface area contributed by atoms with Crippen molar-refractivity contribution in [3.8, 4) is 0 Å². The van der Waals surface area contributed by atoms with Gasteiger partial charge in [0.1, 0.15) is 0 Å². The second-order valence-electron chi connectivity index (χ2n) is 4.84. The van der Waals surface area contributed by atoms with E-state index in [1.807, 2.05) is 0 Å². The van der Waals surface area contributed by atoms with E-state index in [4.69, 9.17) is 5.73 Å². The van der Waals surface area contributed by atoms with Crippen LogP contribution in [-0.2, 0) is 0 Å². The molecule has 0 aromatic heterocycles. The highest BCUT2D eigenvalue weighted by molar-refractivity contribution is 5.72. The Morgan fingerprint density at radius 3 is 3.18 bits per heavy atom. The molecule has 0 bridgehead atoms. The van der Waals surface area contributed by atoms with Gasteiger partial charge in [0.25, 0.3) is 0 Å². The molecule has 3 rings (SSSR count). The van der Waals surface area contributed by atoms with E-state index in [2.05, 4.69) is 22.6 Å². The molecule has 5 nitrogen and oxygen atoms in total. The Labute approximate surface area is 101 Å². The van der Waals surface area contributed by atoms with Crippen molar-refractivity contribution >= 4 is 6.03 Å². The van der Waals surface area contributed by atoms with Crippen molar-refractivity contribution in [3.05, 3.63) is 23.4 Å². The van der Waals surface area contributed by atoms with Crippen LogP contribution < -0.4 is 11.2 Å². The van der Waals surface area contributed by atoms with Crippen molar-refractivity contribution in [1.29, 1.82) is 0 Å². The number of hydrogen-bond donors (Lipinski definition) is 2. The molecule has 3 aliphatic heterocycles. The number of hydrazine groups is 1. The molecule has 1 unspecified atom stereocenters. The van der Waals surface area contributed by atoms with E-state index in [0.29, 0.717) is 12.6 Å². The molecule has 5 heteroatoms. The summed E-state index contributed by atoms with van der Waals surface area (Å²) in [5.41, 5.74) is 11.4. The van der Waals surface area contributed by atoms with E-state index < -0.39 is 0 Å². The van der Waals surface area contributed by atoms with Gasteiger partial charge in [-0.15, -0.1) is 0 Å². The van der Waals surface area contributed by atoms with Crippen molar-refractivity contribution < 1.29 is 4.79 Å². The zero-order valence-electron chi connectivity index (χ0n) is 9.85. The number of rotatable bonds is 0. The summed E-state index contributed by atoms with van der Waals surface area (Å²) in [5, 5.41) is 2.23. The number of piperidine rings is 1. The van der Waals surface area contributed by atoms with Crippen LogP contribution in [0.15, 0.2) is 23.4 Å². The van der Waals surface area contributed by atoms with Crippen LogP contribution in [0.5, 0.6) is 0 Å². The molecule has 3 heterocycles. The zero-order valence-corrected chi connectivity index (χ0v) is 9.85. The molecule has 2 amide bonds. The number of carbonyl (C=O) groups excluding carboxylic acids is 1. The van der Waals surface area contributed by atoms with Crippen LogP contribution in [0.25, 0.3) is 0 Å². The molecule has 3 aliphatic rings. The van der Waals surface area contributed by atoms with E-state index in [1.54, 1.807) is 4.90 Å². The third-order valence-corrected chi connectivity index (χ3v) is 3.74. The summed E-state index contributed by atoms with van der Waals surface area (Å²) in [4.78, 5) is 13.0. The number of nitrogens with one attached hydrogen (secondary N) is 1. The van der Waals surface area contributed by atoms with Gasteiger partial charge < -0.3 is 15.6 Å². The van der Waals surface area contributed by atoms with Gasteiger partial charge in [-0.25, -0.2) is 10.2 Å². The average Bonchev–Trinajstić information content (AvgIpc) is 2.51. The minimum atomic E-state index is -0.312. The Kier molecular flexibility index (Phi) is 2.55. The zero-order chi connectivity index (χ0) is 11.8. The predicted octanol–water partition coefficient (Wildman–Crippen LogP) is 0.564. The summed E-state index contributed by atoms with van der Waals surface area (Å²) >= 11 is 0. The maximum Gasteiger partial charge on any atom is 0.315 e. The first-order valence-corrected chi connectivity index (χ1v) is 6.23. The Morgan fingerprint density at radius 2 is 2.35 bits per heavy atom. The number of nitrogens with zero attached hydrogens (tertiary/aromatic N) is 2. The molecule has 0 aromatic carbocycles. The minimum Gasteiger partial charge on any atom is -0.351 e. The van der Waals surface area contributed by atoms with Gasteiger partial charge >= 0.3 is 6.03 Å². The minimum absolute atomic E-state index is 0.312. The normalized spacial score (nSPS) is 27.9. The number of primary amides is 1. The standard InChI is InChI=1S/C12H18N4O/c13-12(17)15-7-5-10-9(8-15)11-4-2-1-3-6-16(11)14-10/h2,4,10,14H,1,3,5-8H2,(H2,13,17). The summed E-state index contributed by atoms with van der Waals surface area (Å²) in [5.74, 6) is 0. The second kappa shape index (κ2) is 4.07. The number of carbonyl (C=O) groups is 1. The van der Waals surface area contributed by atoms with Gasteiger partial charge in [-0.1, -0.05) is 6.08 Å². The van der Waals surface area contributed by atoms with Crippen molar-refractivity contribution in [2.75, 3.05) is 19.6 Å². The highest BCUT2D eigenvalue weighted by Crippen LogP contribution is 2.29. The van der Waals surface area contributed by atoms with E-state index in [1.165, 1.54) is 17.7 Å². The molecule has 0 aliphatic carbocycles. The Balaban J connectivity index is 1.89. The molecule has 1 fully saturated rings. The molecule has 0 saturated carbocycles. The SMILES string of the molecule is NC(=O)N1CCC2NN3CCCC=CC3=C2C1. The third kappa shape index (κ3) is 1.80. The van der Waals surface area contributed by atoms with E-state index in [-0.39, 0.29) is 6.03 Å². The lowest BCUT2D eigenvalue weighted by atomic mass is 9.98. The predicted molar refractivity (Wildman–Crippen MR) is 64.8 cm³/mol. The molecular weight excluding hydrogens is 216 g/mol. The van der Waals surface area contributed by atoms with Crippen LogP contribution in [0.2, 0.25) is 0 Å². The Bertz CT molecular complexity index is 401. The van der Waals surface area contributed by atoms with Gasteiger partial charge in [0.2, 0.25) is 0 Å². The largest absolute Gasteiger partial charge is 0.351 e. The lowest BCUT2D eigenvalue weighted by molar-refractivity contribution is 0.194. The summed E-state index contributed by atoms with van der Waals surface area (Å²) in [6.45, 7) is 2.46. The van der Waals surface area contributed by atoms with Crippen LogP contribution in [0.1, 0.15) is 19.3 Å². The van der Waals surface area contributed by atoms with Gasteiger partial charge in [0, 0.05) is 19.6 Å². The number of urea groups is 1. The van der Waals surface area contributed by atoms with Crippen molar-refractivity contribution in [2.24, 2.45) is 5.73 Å². The van der Waals surface area contributed by atoms with Crippen molar-refractivity contribution in [1.82, 2.24) is 15.3 Å². The van der Waals surface area contributed by atoms with E-state index in [0.717, 1.165) is 25.9 Å². The molecule has 3 N–H and O–H groups in total. The molecule has 0 aromatic rings. The second-order valence-corrected chi connectivity index (χ2v) is 4.84. The Hall–Kier alpha value is -1.49. The maximum absolute atomic E-state index is 11.2. The number of allylic oxidation sites excluding steroid dienone is 2. The van der Waals surface area contributed by atoms with E-state index >= 15 is 0 Å². The number of nitrogens with two attached hydrogens (primary N) is 1. The first kappa shape index (κ1) is 10.7. The van der Waals surface area contributed by atoms with Gasteiger partial charge in [0.15, 0.2) is 0 Å². The molecule has 17 heavy (non-hydrogen) atoms. The highest BCUT2D eigenvalue weighted by atomic mass is 16.2. The molecule has 1 saturated heterocycles. The molecule has 0 radical (unpaired) electrons. The van der Waals surface area contributed by atoms with Gasteiger partial charge in [0.05, 0.1) is 11.7 Å². The Morgan fingerprint density at radius 1 is 1.47 bits per heavy atom. The molecular formula is C12H18N4O. The van der Waals surface area contributed by atoms with Gasteiger partial charge in [-0.05, 0) is 30.9 Å². The third-order valence-electron chi connectivity index (χ3n) is 3.74. The molecule has 0 spiro atoms. The number of hydrogen-bond acceptors (Lipinski definition) is 3. The van der Waals surface area contributed by atoms with Crippen LogP contribution in [0.4, 0.5) is 4.79 Å².